The Hall–Kier alpha value is -1.46. The van der Waals surface area contributed by atoms with E-state index in [4.69, 9.17) is 4.52 Å². The number of thiophene rings is 1. The Morgan fingerprint density at radius 2 is 2.53 bits per heavy atom. The van der Waals surface area contributed by atoms with Crippen LogP contribution in [0, 0.1) is 0 Å². The second kappa shape index (κ2) is 4.86. The molecule has 0 saturated carbocycles. The summed E-state index contributed by atoms with van der Waals surface area (Å²) in [6, 6.07) is 1.97. The number of hydrogen-bond donors (Lipinski definition) is 1. The number of hydrogen-bond acceptors (Lipinski definition) is 5. The smallest absolute Gasteiger partial charge is 0.240 e. The molecule has 78 valence electrons. The Morgan fingerprint density at radius 3 is 3.27 bits per heavy atom. The predicted octanol–water partition coefficient (Wildman–Crippen LogP) is 2.07. The Bertz CT molecular complexity index is 422. The van der Waals surface area contributed by atoms with E-state index in [-0.39, 0.29) is 0 Å². The van der Waals surface area contributed by atoms with E-state index in [9.17, 15) is 0 Å². The minimum Gasteiger partial charge on any atom is -0.338 e. The maximum atomic E-state index is 5.08. The SMILES string of the molecule is C=CCNCc1nc(-c2ccsc2)no1. The maximum Gasteiger partial charge on any atom is 0.240 e. The van der Waals surface area contributed by atoms with Crippen LogP contribution in [-0.2, 0) is 6.54 Å². The monoisotopic (exact) mass is 221 g/mol. The van der Waals surface area contributed by atoms with Crippen LogP contribution in [0.4, 0.5) is 0 Å². The van der Waals surface area contributed by atoms with Gasteiger partial charge in [0.1, 0.15) is 0 Å². The van der Waals surface area contributed by atoms with E-state index < -0.39 is 0 Å². The summed E-state index contributed by atoms with van der Waals surface area (Å²) in [4.78, 5) is 4.26. The molecule has 0 unspecified atom stereocenters. The number of rotatable bonds is 5. The molecule has 0 amide bonds. The molecule has 0 saturated heterocycles. The molecule has 2 heterocycles. The molecule has 1 N–H and O–H groups in total. The van der Waals surface area contributed by atoms with Gasteiger partial charge in [0, 0.05) is 17.5 Å². The third-order valence-electron chi connectivity index (χ3n) is 1.81. The molecule has 0 atom stereocenters. The lowest BCUT2D eigenvalue weighted by Gasteiger charge is -1.93. The summed E-state index contributed by atoms with van der Waals surface area (Å²) in [5, 5.41) is 11.0. The molecule has 5 heteroatoms. The zero-order valence-electron chi connectivity index (χ0n) is 8.14. The van der Waals surface area contributed by atoms with Crippen molar-refractivity contribution in [2.75, 3.05) is 6.54 Å². The second-order valence-corrected chi connectivity index (χ2v) is 3.72. The van der Waals surface area contributed by atoms with Crippen molar-refractivity contribution >= 4 is 11.3 Å². The fourth-order valence-corrected chi connectivity index (χ4v) is 1.75. The average Bonchev–Trinajstić information content (AvgIpc) is 2.87. The van der Waals surface area contributed by atoms with Crippen molar-refractivity contribution in [3.05, 3.63) is 35.4 Å². The first-order valence-electron chi connectivity index (χ1n) is 4.57. The molecule has 2 rings (SSSR count). The molecule has 0 spiro atoms. The standard InChI is InChI=1S/C10H11N3OS/c1-2-4-11-6-9-12-10(13-14-9)8-3-5-15-7-8/h2-3,5,7,11H,1,4,6H2. The molecular weight excluding hydrogens is 210 g/mol. The molecule has 0 fully saturated rings. The van der Waals surface area contributed by atoms with Gasteiger partial charge >= 0.3 is 0 Å². The van der Waals surface area contributed by atoms with Gasteiger partial charge in [-0.05, 0) is 11.4 Å². The highest BCUT2D eigenvalue weighted by Gasteiger charge is 2.07. The summed E-state index contributed by atoms with van der Waals surface area (Å²) >= 11 is 1.61. The van der Waals surface area contributed by atoms with E-state index in [1.54, 1.807) is 17.4 Å². The maximum absolute atomic E-state index is 5.08. The summed E-state index contributed by atoms with van der Waals surface area (Å²) in [6.07, 6.45) is 1.79. The van der Waals surface area contributed by atoms with Crippen LogP contribution in [-0.4, -0.2) is 16.7 Å². The number of nitrogens with one attached hydrogen (secondary N) is 1. The van der Waals surface area contributed by atoms with Crippen molar-refractivity contribution in [3.63, 3.8) is 0 Å². The van der Waals surface area contributed by atoms with Crippen molar-refractivity contribution in [2.24, 2.45) is 0 Å². The summed E-state index contributed by atoms with van der Waals surface area (Å²) in [7, 11) is 0. The molecule has 15 heavy (non-hydrogen) atoms. The van der Waals surface area contributed by atoms with Crippen molar-refractivity contribution < 1.29 is 4.52 Å². The lowest BCUT2D eigenvalue weighted by Crippen LogP contribution is -2.12. The van der Waals surface area contributed by atoms with E-state index in [1.165, 1.54) is 0 Å². The summed E-state index contributed by atoms with van der Waals surface area (Å²) in [5.41, 5.74) is 0.999. The van der Waals surface area contributed by atoms with Crippen molar-refractivity contribution in [1.82, 2.24) is 15.5 Å². The molecule has 0 aliphatic heterocycles. The predicted molar refractivity (Wildman–Crippen MR) is 59.5 cm³/mol. The largest absolute Gasteiger partial charge is 0.338 e. The molecule has 0 radical (unpaired) electrons. The summed E-state index contributed by atoms with van der Waals surface area (Å²) < 4.78 is 5.08. The van der Waals surface area contributed by atoms with Crippen LogP contribution in [0.2, 0.25) is 0 Å². The quantitative estimate of drug-likeness (QED) is 0.620. The van der Waals surface area contributed by atoms with E-state index in [0.29, 0.717) is 18.3 Å². The van der Waals surface area contributed by atoms with Gasteiger partial charge < -0.3 is 9.84 Å². The first-order valence-corrected chi connectivity index (χ1v) is 5.51. The molecule has 0 bridgehead atoms. The van der Waals surface area contributed by atoms with Gasteiger partial charge in [0.15, 0.2) is 0 Å². The van der Waals surface area contributed by atoms with Gasteiger partial charge in [0.25, 0.3) is 0 Å². The normalized spacial score (nSPS) is 10.4. The first kappa shape index (κ1) is 10.1. The zero-order chi connectivity index (χ0) is 10.5. The Kier molecular flexibility index (Phi) is 3.26. The molecule has 0 aliphatic carbocycles. The van der Waals surface area contributed by atoms with Crippen molar-refractivity contribution in [3.8, 4) is 11.4 Å². The van der Waals surface area contributed by atoms with Crippen LogP contribution in [0.3, 0.4) is 0 Å². The number of nitrogens with zero attached hydrogens (tertiary/aromatic N) is 2. The van der Waals surface area contributed by atoms with Gasteiger partial charge in [-0.15, -0.1) is 6.58 Å². The fourth-order valence-electron chi connectivity index (χ4n) is 1.12. The van der Waals surface area contributed by atoms with Gasteiger partial charge in [0.2, 0.25) is 11.7 Å². The topological polar surface area (TPSA) is 51.0 Å². The highest BCUT2D eigenvalue weighted by atomic mass is 32.1. The molecular formula is C10H11N3OS. The third-order valence-corrected chi connectivity index (χ3v) is 2.50. The van der Waals surface area contributed by atoms with Crippen molar-refractivity contribution in [2.45, 2.75) is 6.54 Å². The van der Waals surface area contributed by atoms with Gasteiger partial charge in [-0.25, -0.2) is 0 Å². The van der Waals surface area contributed by atoms with Crippen LogP contribution in [0.25, 0.3) is 11.4 Å². The van der Waals surface area contributed by atoms with E-state index >= 15 is 0 Å². The summed E-state index contributed by atoms with van der Waals surface area (Å²) in [6.45, 7) is 4.91. The van der Waals surface area contributed by atoms with E-state index in [1.807, 2.05) is 16.8 Å². The fraction of sp³-hybridized carbons (Fsp3) is 0.200. The summed E-state index contributed by atoms with van der Waals surface area (Å²) in [5.74, 6) is 1.24. The molecule has 2 aromatic rings. The van der Waals surface area contributed by atoms with Crippen LogP contribution in [0.5, 0.6) is 0 Å². The van der Waals surface area contributed by atoms with Crippen LogP contribution in [0.15, 0.2) is 34.0 Å². The molecule has 0 aliphatic rings. The van der Waals surface area contributed by atoms with E-state index in [2.05, 4.69) is 22.0 Å². The van der Waals surface area contributed by atoms with Gasteiger partial charge in [-0.1, -0.05) is 11.2 Å². The van der Waals surface area contributed by atoms with E-state index in [0.717, 1.165) is 12.1 Å². The van der Waals surface area contributed by atoms with Crippen LogP contribution < -0.4 is 5.32 Å². The minimum absolute atomic E-state index is 0.573. The minimum atomic E-state index is 0.573. The van der Waals surface area contributed by atoms with Gasteiger partial charge in [-0.2, -0.15) is 16.3 Å². The number of aromatic nitrogens is 2. The highest BCUT2D eigenvalue weighted by Crippen LogP contribution is 2.18. The van der Waals surface area contributed by atoms with Crippen LogP contribution in [0.1, 0.15) is 5.89 Å². The van der Waals surface area contributed by atoms with Gasteiger partial charge in [0.05, 0.1) is 6.54 Å². The van der Waals surface area contributed by atoms with Gasteiger partial charge in [-0.3, -0.25) is 0 Å². The Labute approximate surface area is 91.6 Å². The van der Waals surface area contributed by atoms with Crippen molar-refractivity contribution in [1.29, 1.82) is 0 Å². The molecule has 0 aromatic carbocycles. The van der Waals surface area contributed by atoms with Crippen LogP contribution >= 0.6 is 11.3 Å². The average molecular weight is 221 g/mol. The highest BCUT2D eigenvalue weighted by molar-refractivity contribution is 7.08. The lowest BCUT2D eigenvalue weighted by atomic mass is 10.3. The third kappa shape index (κ3) is 2.51. The second-order valence-electron chi connectivity index (χ2n) is 2.94. The molecule has 2 aromatic heterocycles. The Balaban J connectivity index is 2.01. The lowest BCUT2D eigenvalue weighted by molar-refractivity contribution is 0.370. The molecule has 4 nitrogen and oxygen atoms in total. The Morgan fingerprint density at radius 1 is 1.60 bits per heavy atom. The zero-order valence-corrected chi connectivity index (χ0v) is 8.96. The first-order chi connectivity index (χ1) is 7.40.